The highest BCUT2D eigenvalue weighted by Gasteiger charge is 2.14. The lowest BCUT2D eigenvalue weighted by Gasteiger charge is -2.15. The third-order valence-electron chi connectivity index (χ3n) is 2.59. The van der Waals surface area contributed by atoms with Gasteiger partial charge in [-0.1, -0.05) is 24.3 Å². The van der Waals surface area contributed by atoms with E-state index in [1.165, 1.54) is 0 Å². The molecule has 104 valence electrons. The van der Waals surface area contributed by atoms with Crippen molar-refractivity contribution in [2.75, 3.05) is 13.1 Å². The van der Waals surface area contributed by atoms with Crippen LogP contribution in [-0.4, -0.2) is 39.3 Å². The fourth-order valence-electron chi connectivity index (χ4n) is 1.77. The zero-order chi connectivity index (χ0) is 14.4. The van der Waals surface area contributed by atoms with Crippen LogP contribution in [0.4, 0.5) is 0 Å². The summed E-state index contributed by atoms with van der Waals surface area (Å²) in [6.45, 7) is 4.21. The minimum Gasteiger partial charge on any atom is -0.480 e. The molecule has 6 nitrogen and oxygen atoms in total. The Morgan fingerprint density at radius 1 is 1.35 bits per heavy atom. The first-order valence-corrected chi connectivity index (χ1v) is 6.12. The third kappa shape index (κ3) is 3.76. The average molecular weight is 273 g/mol. The number of benzene rings is 1. The third-order valence-corrected chi connectivity index (χ3v) is 2.59. The lowest BCUT2D eigenvalue weighted by molar-refractivity contribution is -0.138. The van der Waals surface area contributed by atoms with E-state index in [0.717, 1.165) is 5.56 Å². The zero-order valence-electron chi connectivity index (χ0n) is 10.9. The minimum absolute atomic E-state index is 0.102. The van der Waals surface area contributed by atoms with Crippen molar-refractivity contribution < 1.29 is 14.3 Å². The predicted octanol–water partition coefficient (Wildman–Crippen LogP) is 1.81. The first-order valence-electron chi connectivity index (χ1n) is 6.12. The first kappa shape index (κ1) is 14.0. The highest BCUT2D eigenvalue weighted by atomic mass is 16.4. The van der Waals surface area contributed by atoms with Gasteiger partial charge in [-0.2, -0.15) is 0 Å². The van der Waals surface area contributed by atoms with Gasteiger partial charge in [-0.05, 0) is 12.1 Å². The maximum atomic E-state index is 10.8. The van der Waals surface area contributed by atoms with Crippen LogP contribution < -0.4 is 0 Å². The molecule has 2 aromatic rings. The van der Waals surface area contributed by atoms with Crippen molar-refractivity contribution in [3.8, 4) is 11.5 Å². The number of aliphatic carboxylic acids is 1. The Bertz CT molecular complexity index is 580. The number of hydrogen-bond donors (Lipinski definition) is 1. The van der Waals surface area contributed by atoms with E-state index in [0.29, 0.717) is 18.3 Å². The van der Waals surface area contributed by atoms with Crippen LogP contribution in [0.2, 0.25) is 0 Å². The number of nitrogens with zero attached hydrogens (tertiary/aromatic N) is 3. The number of aromatic nitrogens is 2. The Morgan fingerprint density at radius 3 is 2.75 bits per heavy atom. The fourth-order valence-corrected chi connectivity index (χ4v) is 1.77. The standard InChI is InChI=1S/C14H15N3O3/c1-2-8-17(10-13(18)19)9-12-15-16-14(20-12)11-6-4-3-5-7-11/h2-7H,1,8-10H2,(H,18,19). The molecule has 0 radical (unpaired) electrons. The Morgan fingerprint density at radius 2 is 2.10 bits per heavy atom. The number of carboxylic acid groups (broad SMARTS) is 1. The summed E-state index contributed by atoms with van der Waals surface area (Å²) < 4.78 is 5.54. The van der Waals surface area contributed by atoms with Crippen LogP contribution in [-0.2, 0) is 11.3 Å². The van der Waals surface area contributed by atoms with Crippen LogP contribution >= 0.6 is 0 Å². The van der Waals surface area contributed by atoms with Crippen LogP contribution in [0.15, 0.2) is 47.4 Å². The van der Waals surface area contributed by atoms with E-state index in [1.54, 1.807) is 11.0 Å². The Kier molecular flexibility index (Phi) is 4.62. The summed E-state index contributed by atoms with van der Waals surface area (Å²) in [5.74, 6) is -0.101. The van der Waals surface area contributed by atoms with Crippen LogP contribution in [0.3, 0.4) is 0 Å². The molecule has 0 saturated carbocycles. The smallest absolute Gasteiger partial charge is 0.317 e. The summed E-state index contributed by atoms with van der Waals surface area (Å²) in [6.07, 6.45) is 1.64. The Hall–Kier alpha value is -2.47. The highest BCUT2D eigenvalue weighted by molar-refractivity contribution is 5.69. The molecule has 0 aliphatic carbocycles. The number of carbonyl (C=O) groups is 1. The molecule has 0 saturated heterocycles. The molecule has 1 aromatic carbocycles. The predicted molar refractivity (Wildman–Crippen MR) is 72.8 cm³/mol. The molecular weight excluding hydrogens is 258 g/mol. The van der Waals surface area contributed by atoms with E-state index in [-0.39, 0.29) is 13.1 Å². The SMILES string of the molecule is C=CCN(CC(=O)O)Cc1nnc(-c2ccccc2)o1. The molecule has 20 heavy (non-hydrogen) atoms. The van der Waals surface area contributed by atoms with E-state index in [2.05, 4.69) is 16.8 Å². The van der Waals surface area contributed by atoms with E-state index in [4.69, 9.17) is 9.52 Å². The van der Waals surface area contributed by atoms with Crippen LogP contribution in [0.1, 0.15) is 5.89 Å². The molecule has 1 heterocycles. The minimum atomic E-state index is -0.908. The van der Waals surface area contributed by atoms with Gasteiger partial charge in [0.1, 0.15) is 0 Å². The van der Waals surface area contributed by atoms with Gasteiger partial charge in [-0.15, -0.1) is 16.8 Å². The summed E-state index contributed by atoms with van der Waals surface area (Å²) >= 11 is 0. The molecule has 6 heteroatoms. The largest absolute Gasteiger partial charge is 0.480 e. The molecule has 0 aliphatic heterocycles. The topological polar surface area (TPSA) is 79.5 Å². The molecule has 0 aliphatic rings. The Balaban J connectivity index is 2.08. The monoisotopic (exact) mass is 273 g/mol. The summed E-state index contributed by atoms with van der Waals surface area (Å²) in [6, 6.07) is 9.41. The molecule has 0 bridgehead atoms. The summed E-state index contributed by atoms with van der Waals surface area (Å²) in [5, 5.41) is 16.7. The van der Waals surface area contributed by atoms with Gasteiger partial charge in [0.2, 0.25) is 11.8 Å². The quantitative estimate of drug-likeness (QED) is 0.775. The molecule has 0 amide bonds. The molecule has 2 rings (SSSR count). The Labute approximate surface area is 116 Å². The van der Waals surface area contributed by atoms with E-state index >= 15 is 0 Å². The second-order valence-corrected chi connectivity index (χ2v) is 4.22. The van der Waals surface area contributed by atoms with E-state index in [9.17, 15) is 4.79 Å². The summed E-state index contributed by atoms with van der Waals surface area (Å²) in [5.41, 5.74) is 0.833. The second-order valence-electron chi connectivity index (χ2n) is 4.22. The van der Waals surface area contributed by atoms with Gasteiger partial charge in [0.25, 0.3) is 0 Å². The van der Waals surface area contributed by atoms with Crippen LogP contribution in [0.25, 0.3) is 11.5 Å². The molecule has 0 fully saturated rings. The lowest BCUT2D eigenvalue weighted by Crippen LogP contribution is -2.29. The van der Waals surface area contributed by atoms with Gasteiger partial charge in [0.15, 0.2) is 0 Å². The van der Waals surface area contributed by atoms with E-state index in [1.807, 2.05) is 30.3 Å². The van der Waals surface area contributed by atoms with Gasteiger partial charge < -0.3 is 9.52 Å². The number of hydrogen-bond acceptors (Lipinski definition) is 5. The van der Waals surface area contributed by atoms with Crippen LogP contribution in [0.5, 0.6) is 0 Å². The molecule has 0 unspecified atom stereocenters. The lowest BCUT2D eigenvalue weighted by atomic mass is 10.2. The van der Waals surface area contributed by atoms with E-state index < -0.39 is 5.97 Å². The van der Waals surface area contributed by atoms with Crippen molar-refractivity contribution in [2.24, 2.45) is 0 Å². The maximum absolute atomic E-state index is 10.8. The highest BCUT2D eigenvalue weighted by Crippen LogP contribution is 2.17. The fraction of sp³-hybridized carbons (Fsp3) is 0.214. The van der Waals surface area contributed by atoms with Crippen molar-refractivity contribution >= 4 is 5.97 Å². The first-order chi connectivity index (χ1) is 9.69. The molecule has 0 atom stereocenters. The molecule has 1 aromatic heterocycles. The van der Waals surface area contributed by atoms with Crippen molar-refractivity contribution in [3.05, 3.63) is 48.9 Å². The van der Waals surface area contributed by atoms with Gasteiger partial charge >= 0.3 is 5.97 Å². The van der Waals surface area contributed by atoms with Crippen LogP contribution in [0, 0.1) is 0 Å². The maximum Gasteiger partial charge on any atom is 0.317 e. The number of rotatable bonds is 7. The number of carboxylic acids is 1. The summed E-state index contributed by atoms with van der Waals surface area (Å²) in [7, 11) is 0. The second kappa shape index (κ2) is 6.63. The average Bonchev–Trinajstić information content (AvgIpc) is 2.88. The van der Waals surface area contributed by atoms with Gasteiger partial charge in [0.05, 0.1) is 13.1 Å². The zero-order valence-corrected chi connectivity index (χ0v) is 10.9. The van der Waals surface area contributed by atoms with Crippen molar-refractivity contribution in [2.45, 2.75) is 6.54 Å². The van der Waals surface area contributed by atoms with Gasteiger partial charge in [-0.25, -0.2) is 0 Å². The van der Waals surface area contributed by atoms with Crippen molar-refractivity contribution in [3.63, 3.8) is 0 Å². The molecular formula is C14H15N3O3. The van der Waals surface area contributed by atoms with Crippen molar-refractivity contribution in [1.82, 2.24) is 15.1 Å². The molecule has 1 N–H and O–H groups in total. The normalized spacial score (nSPS) is 10.7. The van der Waals surface area contributed by atoms with Crippen molar-refractivity contribution in [1.29, 1.82) is 0 Å². The van der Waals surface area contributed by atoms with Gasteiger partial charge in [-0.3, -0.25) is 9.69 Å². The van der Waals surface area contributed by atoms with Gasteiger partial charge in [0, 0.05) is 12.1 Å². The summed E-state index contributed by atoms with van der Waals surface area (Å²) in [4.78, 5) is 12.4. The molecule has 0 spiro atoms.